The van der Waals surface area contributed by atoms with Gasteiger partial charge in [0.05, 0.1) is 22.6 Å². The van der Waals surface area contributed by atoms with Gasteiger partial charge >= 0.3 is 0 Å². The predicted octanol–water partition coefficient (Wildman–Crippen LogP) is 1.62. The van der Waals surface area contributed by atoms with E-state index in [0.29, 0.717) is 11.4 Å². The summed E-state index contributed by atoms with van der Waals surface area (Å²) in [7, 11) is -3.84. The van der Waals surface area contributed by atoms with Crippen molar-refractivity contribution < 1.29 is 12.8 Å². The summed E-state index contributed by atoms with van der Waals surface area (Å²) in [6.07, 6.45) is 1.12. The van der Waals surface area contributed by atoms with Gasteiger partial charge in [-0.15, -0.1) is 0 Å². The molecule has 96 valence electrons. The summed E-state index contributed by atoms with van der Waals surface area (Å²) in [6, 6.07) is 4.05. The molecule has 1 aromatic carbocycles. The maximum atomic E-state index is 13.3. The van der Waals surface area contributed by atoms with Gasteiger partial charge in [0.25, 0.3) is 0 Å². The first-order valence-electron chi connectivity index (χ1n) is 4.83. The quantitative estimate of drug-likeness (QED) is 0.912. The number of hydrogen-bond acceptors (Lipinski definition) is 3. The van der Waals surface area contributed by atoms with Gasteiger partial charge in [-0.3, -0.25) is 0 Å². The van der Waals surface area contributed by atoms with E-state index >= 15 is 0 Å². The molecule has 0 aliphatic carbocycles. The average Bonchev–Trinajstić information content (AvgIpc) is 2.64. The Morgan fingerprint density at radius 2 is 2.11 bits per heavy atom. The summed E-state index contributed by atoms with van der Waals surface area (Å²) in [4.78, 5) is -0.0992. The molecule has 0 amide bonds. The van der Waals surface area contributed by atoms with Crippen LogP contribution in [-0.2, 0) is 10.0 Å². The second-order valence-corrected chi connectivity index (χ2v) is 5.59. The molecule has 0 saturated heterocycles. The number of nitrogens with zero attached hydrogens (tertiary/aromatic N) is 2. The molecule has 8 heteroatoms. The fourth-order valence-electron chi connectivity index (χ4n) is 1.55. The van der Waals surface area contributed by atoms with Gasteiger partial charge in [0.1, 0.15) is 10.7 Å². The lowest BCUT2D eigenvalue weighted by Crippen LogP contribution is -2.13. The molecule has 0 spiro atoms. The van der Waals surface area contributed by atoms with Crippen molar-refractivity contribution in [3.8, 4) is 5.69 Å². The number of benzene rings is 1. The number of rotatable bonds is 2. The van der Waals surface area contributed by atoms with E-state index in [4.69, 9.17) is 16.7 Å². The topological polar surface area (TPSA) is 78.0 Å². The lowest BCUT2D eigenvalue weighted by Gasteiger charge is -2.05. The summed E-state index contributed by atoms with van der Waals surface area (Å²) >= 11 is 5.57. The molecule has 0 aliphatic rings. The summed E-state index contributed by atoms with van der Waals surface area (Å²) < 4.78 is 37.1. The lowest BCUT2D eigenvalue weighted by atomic mass is 10.3. The molecule has 1 aromatic heterocycles. The number of hydrogen-bond donors (Lipinski definition) is 1. The molecule has 0 fully saturated rings. The van der Waals surface area contributed by atoms with E-state index in [1.165, 1.54) is 23.7 Å². The van der Waals surface area contributed by atoms with Gasteiger partial charge in [0.15, 0.2) is 0 Å². The van der Waals surface area contributed by atoms with E-state index in [1.807, 2.05) is 0 Å². The summed E-state index contributed by atoms with van der Waals surface area (Å²) in [5, 5.41) is 8.88. The lowest BCUT2D eigenvalue weighted by molar-refractivity contribution is 0.597. The van der Waals surface area contributed by atoms with E-state index in [-0.39, 0.29) is 9.92 Å². The van der Waals surface area contributed by atoms with E-state index in [1.54, 1.807) is 0 Å². The zero-order chi connectivity index (χ0) is 13.5. The highest BCUT2D eigenvalue weighted by molar-refractivity contribution is 7.89. The molecular formula is C10H9ClFN3O2S. The molecular weight excluding hydrogens is 281 g/mol. The van der Waals surface area contributed by atoms with Gasteiger partial charge in [-0.05, 0) is 19.1 Å². The van der Waals surface area contributed by atoms with E-state index < -0.39 is 15.8 Å². The molecule has 0 aliphatic heterocycles. The van der Waals surface area contributed by atoms with Gasteiger partial charge in [-0.1, -0.05) is 11.6 Å². The Morgan fingerprint density at radius 3 is 2.61 bits per heavy atom. The van der Waals surface area contributed by atoms with E-state index in [9.17, 15) is 12.8 Å². The minimum Gasteiger partial charge on any atom is -0.237 e. The number of primary sulfonamides is 1. The van der Waals surface area contributed by atoms with Crippen LogP contribution in [0.3, 0.4) is 0 Å². The number of halogens is 2. The van der Waals surface area contributed by atoms with Crippen LogP contribution in [-0.4, -0.2) is 18.2 Å². The SMILES string of the molecule is Cc1c(S(N)(=O)=O)cnn1-c1ccc(Cl)c(F)c1. The molecule has 0 radical (unpaired) electrons. The maximum absolute atomic E-state index is 13.3. The smallest absolute Gasteiger partial charge is 0.237 e. The Balaban J connectivity index is 2.59. The van der Waals surface area contributed by atoms with Crippen molar-refractivity contribution in [1.82, 2.24) is 9.78 Å². The second kappa shape index (κ2) is 4.34. The first kappa shape index (κ1) is 13.0. The average molecular weight is 290 g/mol. The Morgan fingerprint density at radius 1 is 1.44 bits per heavy atom. The number of sulfonamides is 1. The first-order chi connectivity index (χ1) is 8.30. The molecule has 0 saturated carbocycles. The third-order valence-electron chi connectivity index (χ3n) is 2.42. The standard InChI is InChI=1S/C10H9ClFN3O2S/c1-6-10(18(13,16)17)5-14-15(6)7-2-3-8(11)9(12)4-7/h2-5H,1H3,(H2,13,16,17). The molecule has 0 bridgehead atoms. The van der Waals surface area contributed by atoms with Crippen molar-refractivity contribution in [2.24, 2.45) is 5.14 Å². The Hall–Kier alpha value is -1.44. The van der Waals surface area contributed by atoms with Gasteiger partial charge in [-0.2, -0.15) is 5.10 Å². The van der Waals surface area contributed by atoms with Crippen LogP contribution in [0.2, 0.25) is 5.02 Å². The normalized spacial score (nSPS) is 11.8. The Bertz CT molecular complexity index is 712. The van der Waals surface area contributed by atoms with Crippen molar-refractivity contribution in [1.29, 1.82) is 0 Å². The molecule has 2 N–H and O–H groups in total. The van der Waals surface area contributed by atoms with Crippen molar-refractivity contribution >= 4 is 21.6 Å². The molecule has 0 unspecified atom stereocenters. The first-order valence-corrected chi connectivity index (χ1v) is 6.76. The van der Waals surface area contributed by atoms with Crippen LogP contribution in [0.15, 0.2) is 29.3 Å². The fraction of sp³-hybridized carbons (Fsp3) is 0.100. The highest BCUT2D eigenvalue weighted by Gasteiger charge is 2.17. The monoisotopic (exact) mass is 289 g/mol. The summed E-state index contributed by atoms with van der Waals surface area (Å²) in [5.41, 5.74) is 0.670. The summed E-state index contributed by atoms with van der Waals surface area (Å²) in [5.74, 6) is -0.610. The van der Waals surface area contributed by atoms with Crippen LogP contribution in [0, 0.1) is 12.7 Å². The van der Waals surface area contributed by atoms with Crippen LogP contribution in [0.4, 0.5) is 4.39 Å². The fourth-order valence-corrected chi connectivity index (χ4v) is 2.36. The zero-order valence-corrected chi connectivity index (χ0v) is 10.8. The second-order valence-electron chi connectivity index (χ2n) is 3.65. The zero-order valence-electron chi connectivity index (χ0n) is 9.26. The van der Waals surface area contributed by atoms with Gasteiger partial charge < -0.3 is 0 Å². The van der Waals surface area contributed by atoms with Gasteiger partial charge in [0, 0.05) is 6.07 Å². The summed E-state index contributed by atoms with van der Waals surface area (Å²) in [6.45, 7) is 1.53. The highest BCUT2D eigenvalue weighted by Crippen LogP contribution is 2.21. The van der Waals surface area contributed by atoms with Crippen LogP contribution in [0.25, 0.3) is 5.69 Å². The van der Waals surface area contributed by atoms with E-state index in [0.717, 1.165) is 12.3 Å². The van der Waals surface area contributed by atoms with Crippen LogP contribution in [0.5, 0.6) is 0 Å². The third kappa shape index (κ3) is 2.24. The number of nitrogens with two attached hydrogens (primary N) is 1. The maximum Gasteiger partial charge on any atom is 0.241 e. The molecule has 1 heterocycles. The van der Waals surface area contributed by atoms with Gasteiger partial charge in [0.2, 0.25) is 10.0 Å². The third-order valence-corrected chi connectivity index (χ3v) is 3.74. The van der Waals surface area contributed by atoms with Crippen LogP contribution >= 0.6 is 11.6 Å². The Labute approximate surface area is 108 Å². The largest absolute Gasteiger partial charge is 0.241 e. The van der Waals surface area contributed by atoms with Crippen molar-refractivity contribution in [3.63, 3.8) is 0 Å². The molecule has 5 nitrogen and oxygen atoms in total. The van der Waals surface area contributed by atoms with Crippen LogP contribution in [0.1, 0.15) is 5.69 Å². The van der Waals surface area contributed by atoms with E-state index in [2.05, 4.69) is 5.10 Å². The Kier molecular flexibility index (Phi) is 3.14. The molecule has 18 heavy (non-hydrogen) atoms. The highest BCUT2D eigenvalue weighted by atomic mass is 35.5. The van der Waals surface area contributed by atoms with Crippen molar-refractivity contribution in [2.45, 2.75) is 11.8 Å². The number of aromatic nitrogens is 2. The minimum atomic E-state index is -3.84. The molecule has 2 rings (SSSR count). The van der Waals surface area contributed by atoms with Gasteiger partial charge in [-0.25, -0.2) is 22.6 Å². The van der Waals surface area contributed by atoms with Crippen molar-refractivity contribution in [2.75, 3.05) is 0 Å². The molecule has 0 atom stereocenters. The predicted molar refractivity (Wildman–Crippen MR) is 64.6 cm³/mol. The van der Waals surface area contributed by atoms with Crippen molar-refractivity contribution in [3.05, 3.63) is 40.9 Å². The van der Waals surface area contributed by atoms with Crippen LogP contribution < -0.4 is 5.14 Å². The molecule has 2 aromatic rings. The minimum absolute atomic E-state index is 0.0183.